The Bertz CT molecular complexity index is 1100. The van der Waals surface area contributed by atoms with E-state index >= 15 is 0 Å². The molecule has 0 spiro atoms. The zero-order chi connectivity index (χ0) is 43.7. The molecule has 0 saturated heterocycles. The number of rotatable bonds is 45. The number of carbonyl (C=O) groups excluding carboxylic acids is 3. The Hall–Kier alpha value is -2.89. The van der Waals surface area contributed by atoms with Crippen molar-refractivity contribution in [2.24, 2.45) is 0 Å². The lowest BCUT2D eigenvalue weighted by molar-refractivity contribution is -0.167. The van der Waals surface area contributed by atoms with Crippen molar-refractivity contribution in [2.75, 3.05) is 13.2 Å². The summed E-state index contributed by atoms with van der Waals surface area (Å²) in [6, 6.07) is 0. The normalized spacial score (nSPS) is 12.5. The largest absolute Gasteiger partial charge is 0.462 e. The predicted octanol–water partition coefficient (Wildman–Crippen LogP) is 16.5. The molecule has 0 bridgehead atoms. The monoisotopic (exact) mass is 839 g/mol. The van der Waals surface area contributed by atoms with Crippen molar-refractivity contribution in [1.29, 1.82) is 0 Å². The molecule has 60 heavy (non-hydrogen) atoms. The Kier molecular flexibility index (Phi) is 46.4. The fourth-order valence-electron chi connectivity index (χ4n) is 7.00. The van der Waals surface area contributed by atoms with Crippen molar-refractivity contribution in [3.05, 3.63) is 60.8 Å². The van der Waals surface area contributed by atoms with Gasteiger partial charge in [0.05, 0.1) is 0 Å². The van der Waals surface area contributed by atoms with Gasteiger partial charge in [0.1, 0.15) is 13.2 Å². The van der Waals surface area contributed by atoms with Gasteiger partial charge in [-0.2, -0.15) is 0 Å². The van der Waals surface area contributed by atoms with Gasteiger partial charge in [0, 0.05) is 19.3 Å². The Morgan fingerprint density at radius 1 is 0.350 bits per heavy atom. The van der Waals surface area contributed by atoms with Crippen LogP contribution in [0.4, 0.5) is 0 Å². The lowest BCUT2D eigenvalue weighted by atomic mass is 10.0. The van der Waals surface area contributed by atoms with Gasteiger partial charge in [-0.15, -0.1) is 0 Å². The van der Waals surface area contributed by atoms with Crippen molar-refractivity contribution >= 4 is 17.9 Å². The standard InChI is InChI=1S/C54H94O6/c1-4-7-10-13-16-19-21-23-24-25-26-27-28-29-30-31-33-35-38-41-44-47-53(56)59-50-51(49-58-52(55)46-43-40-37-34-18-15-12-9-6-3)60-54(57)48-45-42-39-36-32-22-20-17-14-11-8-5-2/h7,10,16,19,23-24,26-27,29-30,51H,4-6,8-9,11-15,17-18,20-22,25,28,31-50H2,1-3H3/b10-7-,19-16-,24-23-,27-26-,30-29-. The summed E-state index contributed by atoms with van der Waals surface area (Å²) in [4.78, 5) is 37.8. The molecule has 0 fully saturated rings. The van der Waals surface area contributed by atoms with Crippen LogP contribution in [0.25, 0.3) is 0 Å². The fourth-order valence-corrected chi connectivity index (χ4v) is 7.00. The van der Waals surface area contributed by atoms with Gasteiger partial charge in [0.15, 0.2) is 6.10 Å². The Morgan fingerprint density at radius 3 is 1.02 bits per heavy atom. The first kappa shape index (κ1) is 57.1. The van der Waals surface area contributed by atoms with Gasteiger partial charge < -0.3 is 14.2 Å². The van der Waals surface area contributed by atoms with Gasteiger partial charge in [-0.25, -0.2) is 0 Å². The van der Waals surface area contributed by atoms with E-state index in [0.29, 0.717) is 19.3 Å². The minimum absolute atomic E-state index is 0.0778. The Labute approximate surface area is 370 Å². The van der Waals surface area contributed by atoms with Gasteiger partial charge in [-0.1, -0.05) is 223 Å². The summed E-state index contributed by atoms with van der Waals surface area (Å²) in [6.07, 6.45) is 59.2. The van der Waals surface area contributed by atoms with Crippen molar-refractivity contribution < 1.29 is 28.6 Å². The molecule has 6 heteroatoms. The summed E-state index contributed by atoms with van der Waals surface area (Å²) in [5.74, 6) is -0.896. The molecule has 0 aliphatic carbocycles. The maximum absolute atomic E-state index is 12.7. The van der Waals surface area contributed by atoms with Crippen LogP contribution in [-0.4, -0.2) is 37.2 Å². The average molecular weight is 839 g/mol. The van der Waals surface area contributed by atoms with Crippen LogP contribution >= 0.6 is 0 Å². The van der Waals surface area contributed by atoms with Crippen LogP contribution in [0.2, 0.25) is 0 Å². The van der Waals surface area contributed by atoms with Gasteiger partial charge in [0.2, 0.25) is 0 Å². The molecule has 0 heterocycles. The number of carbonyl (C=O) groups is 3. The van der Waals surface area contributed by atoms with E-state index in [1.54, 1.807) is 0 Å². The topological polar surface area (TPSA) is 78.9 Å². The number of hydrogen-bond acceptors (Lipinski definition) is 6. The van der Waals surface area contributed by atoms with Gasteiger partial charge >= 0.3 is 17.9 Å². The summed E-state index contributed by atoms with van der Waals surface area (Å²) in [6.45, 7) is 6.49. The second-order valence-corrected chi connectivity index (χ2v) is 16.7. The smallest absolute Gasteiger partial charge is 0.306 e. The molecule has 0 aromatic heterocycles. The van der Waals surface area contributed by atoms with E-state index in [2.05, 4.69) is 81.5 Å². The van der Waals surface area contributed by atoms with Crippen molar-refractivity contribution in [1.82, 2.24) is 0 Å². The molecule has 346 valence electrons. The molecule has 0 amide bonds. The molecule has 0 aromatic carbocycles. The second kappa shape index (κ2) is 48.8. The highest BCUT2D eigenvalue weighted by Crippen LogP contribution is 2.15. The molecule has 1 unspecified atom stereocenters. The number of hydrogen-bond donors (Lipinski definition) is 0. The summed E-state index contributed by atoms with van der Waals surface area (Å²) < 4.78 is 16.7. The number of unbranched alkanes of at least 4 members (excludes halogenated alkanes) is 24. The maximum Gasteiger partial charge on any atom is 0.306 e. The zero-order valence-corrected chi connectivity index (χ0v) is 39.5. The number of allylic oxidation sites excluding steroid dienone is 10. The van der Waals surface area contributed by atoms with Crippen molar-refractivity contribution in [2.45, 2.75) is 252 Å². The molecule has 0 N–H and O–H groups in total. The van der Waals surface area contributed by atoms with E-state index in [-0.39, 0.29) is 31.1 Å². The molecular formula is C54H94O6. The third-order valence-corrected chi connectivity index (χ3v) is 10.8. The molecular weight excluding hydrogens is 745 g/mol. The Balaban J connectivity index is 4.32. The quantitative estimate of drug-likeness (QED) is 0.0263. The molecule has 0 aromatic rings. The van der Waals surface area contributed by atoms with Gasteiger partial charge in [0.25, 0.3) is 0 Å². The first-order valence-electron chi connectivity index (χ1n) is 25.3. The minimum Gasteiger partial charge on any atom is -0.462 e. The van der Waals surface area contributed by atoms with E-state index in [9.17, 15) is 14.4 Å². The van der Waals surface area contributed by atoms with Crippen LogP contribution in [0.1, 0.15) is 245 Å². The average Bonchev–Trinajstić information content (AvgIpc) is 3.24. The van der Waals surface area contributed by atoms with Crippen molar-refractivity contribution in [3.8, 4) is 0 Å². The predicted molar refractivity (Wildman–Crippen MR) is 256 cm³/mol. The number of esters is 3. The van der Waals surface area contributed by atoms with Crippen LogP contribution < -0.4 is 0 Å². The SMILES string of the molecule is CC/C=C\C/C=C\C/C=C\C/C=C\C/C=C\CCCCCCCC(=O)OCC(COC(=O)CCCCCCCCCCC)OC(=O)CCCCCCCCCCCCCC. The minimum atomic E-state index is -0.776. The maximum atomic E-state index is 12.7. The summed E-state index contributed by atoms with van der Waals surface area (Å²) in [7, 11) is 0. The Morgan fingerprint density at radius 2 is 0.650 bits per heavy atom. The van der Waals surface area contributed by atoms with E-state index in [1.807, 2.05) is 0 Å². The first-order valence-corrected chi connectivity index (χ1v) is 25.3. The van der Waals surface area contributed by atoms with Gasteiger partial charge in [-0.3, -0.25) is 14.4 Å². The second-order valence-electron chi connectivity index (χ2n) is 16.7. The molecule has 0 aliphatic rings. The number of ether oxygens (including phenoxy) is 3. The first-order chi connectivity index (χ1) is 29.5. The third-order valence-electron chi connectivity index (χ3n) is 10.8. The molecule has 0 aliphatic heterocycles. The van der Waals surface area contributed by atoms with Crippen molar-refractivity contribution in [3.63, 3.8) is 0 Å². The lowest BCUT2D eigenvalue weighted by Crippen LogP contribution is -2.30. The molecule has 0 saturated carbocycles. The third kappa shape index (κ3) is 46.2. The van der Waals surface area contributed by atoms with E-state index in [1.165, 1.54) is 96.3 Å². The highest BCUT2D eigenvalue weighted by Gasteiger charge is 2.19. The van der Waals surface area contributed by atoms with Crippen LogP contribution in [0.15, 0.2) is 60.8 Å². The summed E-state index contributed by atoms with van der Waals surface area (Å²) >= 11 is 0. The molecule has 0 rings (SSSR count). The van der Waals surface area contributed by atoms with Crippen LogP contribution in [0.3, 0.4) is 0 Å². The molecule has 0 radical (unpaired) electrons. The van der Waals surface area contributed by atoms with Crippen LogP contribution in [-0.2, 0) is 28.6 Å². The van der Waals surface area contributed by atoms with E-state index < -0.39 is 6.10 Å². The fraction of sp³-hybridized carbons (Fsp3) is 0.759. The van der Waals surface area contributed by atoms with Crippen LogP contribution in [0, 0.1) is 0 Å². The van der Waals surface area contributed by atoms with Crippen LogP contribution in [0.5, 0.6) is 0 Å². The summed E-state index contributed by atoms with van der Waals surface area (Å²) in [5, 5.41) is 0. The van der Waals surface area contributed by atoms with E-state index in [4.69, 9.17) is 14.2 Å². The highest BCUT2D eigenvalue weighted by atomic mass is 16.6. The lowest BCUT2D eigenvalue weighted by Gasteiger charge is -2.18. The summed E-state index contributed by atoms with van der Waals surface area (Å²) in [5.41, 5.74) is 0. The zero-order valence-electron chi connectivity index (χ0n) is 39.5. The van der Waals surface area contributed by atoms with Gasteiger partial charge in [-0.05, 0) is 64.2 Å². The molecule has 6 nitrogen and oxygen atoms in total. The highest BCUT2D eigenvalue weighted by molar-refractivity contribution is 5.71. The molecule has 1 atom stereocenters. The van der Waals surface area contributed by atoms with E-state index in [0.717, 1.165) is 109 Å².